The highest BCUT2D eigenvalue weighted by molar-refractivity contribution is 7.99. The molecule has 1 nitrogen and oxygen atoms in total. The molecule has 1 aliphatic rings. The van der Waals surface area contributed by atoms with Crippen molar-refractivity contribution < 1.29 is 0 Å². The van der Waals surface area contributed by atoms with E-state index < -0.39 is 0 Å². The fourth-order valence-electron chi connectivity index (χ4n) is 1.97. The van der Waals surface area contributed by atoms with Gasteiger partial charge in [-0.3, -0.25) is 0 Å². The first-order valence-electron chi connectivity index (χ1n) is 5.48. The van der Waals surface area contributed by atoms with Gasteiger partial charge in [-0.05, 0) is 44.4 Å². The molecule has 0 aliphatic heterocycles. The lowest BCUT2D eigenvalue weighted by molar-refractivity contribution is 0.339. The Labute approximate surface area is 87.1 Å². The number of rotatable bonds is 4. The maximum Gasteiger partial charge on any atom is 0.00445 e. The Kier molecular flexibility index (Phi) is 5.18. The van der Waals surface area contributed by atoms with Crippen LogP contribution in [0.15, 0.2) is 0 Å². The molecule has 0 aromatic heterocycles. The molecule has 1 rings (SSSR count). The standard InChI is InChI=1S/C11H23NS/c1-9(2)12-8-10-4-6-11(13-3)7-5-10/h9-12H,4-8H2,1-3H3. The Morgan fingerprint density at radius 1 is 1.23 bits per heavy atom. The zero-order chi connectivity index (χ0) is 9.68. The predicted octanol–water partition coefficient (Wildman–Crippen LogP) is 2.91. The molecule has 0 saturated heterocycles. The van der Waals surface area contributed by atoms with E-state index >= 15 is 0 Å². The highest BCUT2D eigenvalue weighted by Gasteiger charge is 2.19. The van der Waals surface area contributed by atoms with Gasteiger partial charge < -0.3 is 5.32 Å². The molecule has 0 radical (unpaired) electrons. The van der Waals surface area contributed by atoms with Crippen molar-refractivity contribution in [3.8, 4) is 0 Å². The monoisotopic (exact) mass is 201 g/mol. The van der Waals surface area contributed by atoms with Crippen molar-refractivity contribution in [2.45, 2.75) is 50.8 Å². The minimum Gasteiger partial charge on any atom is -0.314 e. The van der Waals surface area contributed by atoms with Gasteiger partial charge in [0.1, 0.15) is 0 Å². The Balaban J connectivity index is 2.10. The number of nitrogens with one attached hydrogen (secondary N) is 1. The van der Waals surface area contributed by atoms with Crippen molar-refractivity contribution in [2.75, 3.05) is 12.8 Å². The van der Waals surface area contributed by atoms with Crippen LogP contribution >= 0.6 is 11.8 Å². The van der Waals surface area contributed by atoms with Gasteiger partial charge in [-0.1, -0.05) is 13.8 Å². The molecular formula is C11H23NS. The van der Waals surface area contributed by atoms with Crippen LogP contribution in [0, 0.1) is 5.92 Å². The highest BCUT2D eigenvalue weighted by Crippen LogP contribution is 2.30. The average Bonchev–Trinajstić information content (AvgIpc) is 2.15. The summed E-state index contributed by atoms with van der Waals surface area (Å²) in [6.45, 7) is 5.69. The molecule has 0 unspecified atom stereocenters. The zero-order valence-electron chi connectivity index (χ0n) is 9.18. The van der Waals surface area contributed by atoms with Crippen molar-refractivity contribution in [2.24, 2.45) is 5.92 Å². The molecule has 1 fully saturated rings. The van der Waals surface area contributed by atoms with Crippen LogP contribution in [0.1, 0.15) is 39.5 Å². The first-order chi connectivity index (χ1) is 6.22. The van der Waals surface area contributed by atoms with Crippen molar-refractivity contribution in [1.82, 2.24) is 5.32 Å². The van der Waals surface area contributed by atoms with Gasteiger partial charge >= 0.3 is 0 Å². The summed E-state index contributed by atoms with van der Waals surface area (Å²) >= 11 is 2.05. The number of hydrogen-bond acceptors (Lipinski definition) is 2. The number of thioether (sulfide) groups is 1. The van der Waals surface area contributed by atoms with Crippen LogP contribution in [0.3, 0.4) is 0 Å². The molecule has 1 N–H and O–H groups in total. The summed E-state index contributed by atoms with van der Waals surface area (Å²) in [5, 5.41) is 4.50. The molecule has 0 atom stereocenters. The Bertz CT molecular complexity index is 128. The average molecular weight is 201 g/mol. The molecule has 78 valence electrons. The molecule has 13 heavy (non-hydrogen) atoms. The summed E-state index contributed by atoms with van der Waals surface area (Å²) in [6, 6.07) is 0.651. The van der Waals surface area contributed by atoms with Crippen LogP contribution < -0.4 is 5.32 Å². The molecule has 2 heteroatoms. The second-order valence-electron chi connectivity index (χ2n) is 4.44. The Morgan fingerprint density at radius 3 is 2.31 bits per heavy atom. The third-order valence-electron chi connectivity index (χ3n) is 2.94. The van der Waals surface area contributed by atoms with E-state index in [0.29, 0.717) is 6.04 Å². The second kappa shape index (κ2) is 5.92. The molecular weight excluding hydrogens is 178 g/mol. The lowest BCUT2D eigenvalue weighted by atomic mass is 9.89. The first-order valence-corrected chi connectivity index (χ1v) is 6.77. The van der Waals surface area contributed by atoms with Crippen molar-refractivity contribution in [3.05, 3.63) is 0 Å². The second-order valence-corrected chi connectivity index (χ2v) is 5.58. The van der Waals surface area contributed by atoms with Gasteiger partial charge in [0.25, 0.3) is 0 Å². The third kappa shape index (κ3) is 4.37. The maximum atomic E-state index is 3.54. The Hall–Kier alpha value is 0.310. The van der Waals surface area contributed by atoms with E-state index in [9.17, 15) is 0 Å². The summed E-state index contributed by atoms with van der Waals surface area (Å²) < 4.78 is 0. The van der Waals surface area contributed by atoms with E-state index in [-0.39, 0.29) is 0 Å². The van der Waals surface area contributed by atoms with Gasteiger partial charge in [0.2, 0.25) is 0 Å². The van der Waals surface area contributed by atoms with E-state index in [2.05, 4.69) is 37.2 Å². The summed E-state index contributed by atoms with van der Waals surface area (Å²) in [7, 11) is 0. The van der Waals surface area contributed by atoms with E-state index in [0.717, 1.165) is 11.2 Å². The van der Waals surface area contributed by atoms with Crippen molar-refractivity contribution >= 4 is 11.8 Å². The normalized spacial score (nSPS) is 29.5. The van der Waals surface area contributed by atoms with Crippen LogP contribution in [0.2, 0.25) is 0 Å². The largest absolute Gasteiger partial charge is 0.314 e. The summed E-state index contributed by atoms with van der Waals surface area (Å²) in [4.78, 5) is 0. The van der Waals surface area contributed by atoms with Crippen molar-refractivity contribution in [1.29, 1.82) is 0 Å². The minimum absolute atomic E-state index is 0.651. The van der Waals surface area contributed by atoms with Gasteiger partial charge in [-0.2, -0.15) is 11.8 Å². The lowest BCUT2D eigenvalue weighted by Gasteiger charge is -2.28. The smallest absolute Gasteiger partial charge is 0.00445 e. The Morgan fingerprint density at radius 2 is 1.85 bits per heavy atom. The van der Waals surface area contributed by atoms with Gasteiger partial charge in [0, 0.05) is 11.3 Å². The van der Waals surface area contributed by atoms with Gasteiger partial charge in [-0.25, -0.2) is 0 Å². The molecule has 0 heterocycles. The van der Waals surface area contributed by atoms with Crippen molar-refractivity contribution in [3.63, 3.8) is 0 Å². The van der Waals surface area contributed by atoms with E-state index in [1.54, 1.807) is 0 Å². The quantitative estimate of drug-likeness (QED) is 0.750. The molecule has 0 aromatic rings. The van der Waals surface area contributed by atoms with Crippen LogP contribution in [0.4, 0.5) is 0 Å². The van der Waals surface area contributed by atoms with Crippen LogP contribution in [0.5, 0.6) is 0 Å². The minimum atomic E-state index is 0.651. The number of hydrogen-bond donors (Lipinski definition) is 1. The molecule has 0 aromatic carbocycles. The topological polar surface area (TPSA) is 12.0 Å². The summed E-state index contributed by atoms with van der Waals surface area (Å²) in [5.74, 6) is 0.950. The predicted molar refractivity (Wildman–Crippen MR) is 62.4 cm³/mol. The van der Waals surface area contributed by atoms with E-state index in [4.69, 9.17) is 0 Å². The fraction of sp³-hybridized carbons (Fsp3) is 1.00. The summed E-state index contributed by atoms with van der Waals surface area (Å²) in [6.07, 6.45) is 7.99. The molecule has 1 aliphatic carbocycles. The molecule has 1 saturated carbocycles. The van der Waals surface area contributed by atoms with Crippen LogP contribution in [-0.2, 0) is 0 Å². The van der Waals surface area contributed by atoms with Gasteiger partial charge in [0.15, 0.2) is 0 Å². The highest BCUT2D eigenvalue weighted by atomic mass is 32.2. The summed E-state index contributed by atoms with van der Waals surface area (Å²) in [5.41, 5.74) is 0. The van der Waals surface area contributed by atoms with Crippen LogP contribution in [0.25, 0.3) is 0 Å². The van der Waals surface area contributed by atoms with Gasteiger partial charge in [0.05, 0.1) is 0 Å². The molecule has 0 amide bonds. The third-order valence-corrected chi connectivity index (χ3v) is 4.08. The van der Waals surface area contributed by atoms with E-state index in [1.807, 2.05) is 0 Å². The fourth-order valence-corrected chi connectivity index (χ4v) is 2.72. The molecule has 0 spiro atoms. The molecule has 0 bridgehead atoms. The van der Waals surface area contributed by atoms with E-state index in [1.165, 1.54) is 32.2 Å². The zero-order valence-corrected chi connectivity index (χ0v) is 9.99. The first kappa shape index (κ1) is 11.4. The van der Waals surface area contributed by atoms with Crippen LogP contribution in [-0.4, -0.2) is 24.1 Å². The van der Waals surface area contributed by atoms with Gasteiger partial charge in [-0.15, -0.1) is 0 Å². The lowest BCUT2D eigenvalue weighted by Crippen LogP contribution is -2.31. The maximum absolute atomic E-state index is 3.54. The SMILES string of the molecule is CSC1CCC(CNC(C)C)CC1.